The van der Waals surface area contributed by atoms with Crippen molar-refractivity contribution in [2.24, 2.45) is 0 Å². The molecule has 1 aliphatic carbocycles. The molecule has 2 fully saturated rings. The summed E-state index contributed by atoms with van der Waals surface area (Å²) in [6.07, 6.45) is 7.57. The van der Waals surface area contributed by atoms with E-state index >= 15 is 0 Å². The molecule has 0 unspecified atom stereocenters. The van der Waals surface area contributed by atoms with E-state index in [-0.39, 0.29) is 6.03 Å². The van der Waals surface area contributed by atoms with Crippen LogP contribution in [0.4, 0.5) is 10.5 Å². The Balaban J connectivity index is 1.48. The van der Waals surface area contributed by atoms with Crippen LogP contribution in [0.5, 0.6) is 0 Å². The number of carbonyl (C=O) groups excluding carboxylic acids is 1. The fraction of sp³-hybridized carbons (Fsp3) is 0.611. The number of urea groups is 1. The third kappa shape index (κ3) is 4.18. The summed E-state index contributed by atoms with van der Waals surface area (Å²) in [6, 6.07) is 8.63. The zero-order chi connectivity index (χ0) is 16.2. The summed E-state index contributed by atoms with van der Waals surface area (Å²) in [7, 11) is 2.27. The van der Waals surface area contributed by atoms with Crippen LogP contribution in [0.1, 0.15) is 38.5 Å². The summed E-state index contributed by atoms with van der Waals surface area (Å²) in [5, 5.41) is 3.63. The van der Waals surface area contributed by atoms with E-state index in [0.29, 0.717) is 11.1 Å². The molecule has 126 valence electrons. The van der Waals surface area contributed by atoms with Gasteiger partial charge in [0, 0.05) is 35.9 Å². The molecule has 1 heterocycles. The predicted octanol–water partition coefficient (Wildman–Crippen LogP) is 4.21. The van der Waals surface area contributed by atoms with Gasteiger partial charge in [-0.05, 0) is 57.0 Å². The van der Waals surface area contributed by atoms with Crippen LogP contribution >= 0.6 is 11.6 Å². The van der Waals surface area contributed by atoms with Gasteiger partial charge in [-0.25, -0.2) is 4.79 Å². The van der Waals surface area contributed by atoms with Gasteiger partial charge in [-0.15, -0.1) is 0 Å². The molecule has 2 amide bonds. The number of hydrogen-bond acceptors (Lipinski definition) is 2. The number of halogens is 1. The number of benzene rings is 1. The standard InChI is InChI=1S/C18H26ClN3O/c1-21(16-4-2-3-5-16)17-10-12-22(13-11-17)18(23)20-15-8-6-14(19)7-9-15/h6-9,16-17H,2-5,10-13H2,1H3,(H,20,23). The van der Waals surface area contributed by atoms with Gasteiger partial charge in [0.05, 0.1) is 0 Å². The van der Waals surface area contributed by atoms with Crippen LogP contribution in [0.2, 0.25) is 5.02 Å². The summed E-state index contributed by atoms with van der Waals surface area (Å²) in [6.45, 7) is 1.67. The Labute approximate surface area is 143 Å². The summed E-state index contributed by atoms with van der Waals surface area (Å²) in [4.78, 5) is 16.8. The molecule has 23 heavy (non-hydrogen) atoms. The highest BCUT2D eigenvalue weighted by atomic mass is 35.5. The largest absolute Gasteiger partial charge is 0.324 e. The molecule has 0 aromatic heterocycles. The first-order valence-corrected chi connectivity index (χ1v) is 9.05. The lowest BCUT2D eigenvalue weighted by atomic mass is 10.0. The number of nitrogens with one attached hydrogen (secondary N) is 1. The van der Waals surface area contributed by atoms with Crippen molar-refractivity contribution in [1.29, 1.82) is 0 Å². The molecule has 1 aromatic carbocycles. The Bertz CT molecular complexity index is 520. The Morgan fingerprint density at radius 2 is 1.65 bits per heavy atom. The van der Waals surface area contributed by atoms with E-state index in [2.05, 4.69) is 17.3 Å². The monoisotopic (exact) mass is 335 g/mol. The Hall–Kier alpha value is -1.26. The number of rotatable bonds is 3. The van der Waals surface area contributed by atoms with Crippen LogP contribution in [0.25, 0.3) is 0 Å². The first kappa shape index (κ1) is 16.6. The molecule has 1 saturated heterocycles. The molecular weight excluding hydrogens is 310 g/mol. The molecule has 1 saturated carbocycles. The molecule has 2 aliphatic rings. The molecule has 0 atom stereocenters. The van der Waals surface area contributed by atoms with E-state index in [1.54, 1.807) is 12.1 Å². The Morgan fingerprint density at radius 1 is 1.09 bits per heavy atom. The minimum absolute atomic E-state index is 0.00529. The zero-order valence-corrected chi connectivity index (χ0v) is 14.6. The number of nitrogens with zero attached hydrogens (tertiary/aromatic N) is 2. The van der Waals surface area contributed by atoms with Crippen LogP contribution in [0.15, 0.2) is 24.3 Å². The van der Waals surface area contributed by atoms with E-state index in [4.69, 9.17) is 11.6 Å². The second-order valence-corrected chi connectivity index (χ2v) is 7.20. The van der Waals surface area contributed by atoms with E-state index < -0.39 is 0 Å². The average Bonchev–Trinajstić information content (AvgIpc) is 3.11. The van der Waals surface area contributed by atoms with Crippen molar-refractivity contribution >= 4 is 23.3 Å². The Kier molecular flexibility index (Phi) is 5.44. The van der Waals surface area contributed by atoms with Gasteiger partial charge in [0.15, 0.2) is 0 Å². The van der Waals surface area contributed by atoms with E-state index in [0.717, 1.165) is 37.7 Å². The van der Waals surface area contributed by atoms with Crippen LogP contribution in [-0.4, -0.2) is 48.1 Å². The predicted molar refractivity (Wildman–Crippen MR) is 95.1 cm³/mol. The second-order valence-electron chi connectivity index (χ2n) is 6.76. The van der Waals surface area contributed by atoms with Gasteiger partial charge >= 0.3 is 6.03 Å². The van der Waals surface area contributed by atoms with Gasteiger partial charge in [-0.3, -0.25) is 0 Å². The zero-order valence-electron chi connectivity index (χ0n) is 13.8. The minimum atomic E-state index is -0.00529. The van der Waals surface area contributed by atoms with Crippen molar-refractivity contribution in [3.8, 4) is 0 Å². The van der Waals surface area contributed by atoms with Crippen LogP contribution in [-0.2, 0) is 0 Å². The van der Waals surface area contributed by atoms with Crippen molar-refractivity contribution < 1.29 is 4.79 Å². The lowest BCUT2D eigenvalue weighted by molar-refractivity contribution is 0.110. The smallest absolute Gasteiger partial charge is 0.321 e. The summed E-state index contributed by atoms with van der Waals surface area (Å²) < 4.78 is 0. The maximum atomic E-state index is 12.4. The molecular formula is C18H26ClN3O. The quantitative estimate of drug-likeness (QED) is 0.898. The molecule has 3 rings (SSSR count). The molecule has 0 bridgehead atoms. The fourth-order valence-corrected chi connectivity index (χ4v) is 3.95. The fourth-order valence-electron chi connectivity index (χ4n) is 3.82. The minimum Gasteiger partial charge on any atom is -0.324 e. The molecule has 1 aliphatic heterocycles. The first-order valence-electron chi connectivity index (χ1n) is 8.67. The van der Waals surface area contributed by atoms with Gasteiger partial charge < -0.3 is 15.1 Å². The van der Waals surface area contributed by atoms with Crippen molar-refractivity contribution in [2.45, 2.75) is 50.6 Å². The molecule has 4 nitrogen and oxygen atoms in total. The van der Waals surface area contributed by atoms with E-state index in [1.165, 1.54) is 25.7 Å². The van der Waals surface area contributed by atoms with Crippen molar-refractivity contribution in [3.05, 3.63) is 29.3 Å². The van der Waals surface area contributed by atoms with E-state index in [9.17, 15) is 4.79 Å². The van der Waals surface area contributed by atoms with Crippen molar-refractivity contribution in [3.63, 3.8) is 0 Å². The maximum absolute atomic E-state index is 12.4. The molecule has 5 heteroatoms. The summed E-state index contributed by atoms with van der Waals surface area (Å²) in [5.74, 6) is 0. The molecule has 1 N–H and O–H groups in total. The molecule has 1 aromatic rings. The Morgan fingerprint density at radius 3 is 2.26 bits per heavy atom. The highest BCUT2D eigenvalue weighted by Gasteiger charge is 2.29. The van der Waals surface area contributed by atoms with Gasteiger partial charge in [0.2, 0.25) is 0 Å². The first-order chi connectivity index (χ1) is 11.1. The lowest BCUT2D eigenvalue weighted by Gasteiger charge is -2.39. The normalized spacial score (nSPS) is 20.2. The van der Waals surface area contributed by atoms with Gasteiger partial charge in [0.1, 0.15) is 0 Å². The maximum Gasteiger partial charge on any atom is 0.321 e. The highest BCUT2D eigenvalue weighted by molar-refractivity contribution is 6.30. The van der Waals surface area contributed by atoms with E-state index in [1.807, 2.05) is 17.0 Å². The average molecular weight is 336 g/mol. The number of amides is 2. The third-order valence-electron chi connectivity index (χ3n) is 5.32. The van der Waals surface area contributed by atoms with Crippen LogP contribution in [0, 0.1) is 0 Å². The summed E-state index contributed by atoms with van der Waals surface area (Å²) >= 11 is 5.87. The molecule has 0 spiro atoms. The number of carbonyl (C=O) groups is 1. The van der Waals surface area contributed by atoms with Crippen LogP contribution in [0.3, 0.4) is 0 Å². The molecule has 0 radical (unpaired) electrons. The lowest BCUT2D eigenvalue weighted by Crippen LogP contribution is -2.49. The van der Waals surface area contributed by atoms with Crippen molar-refractivity contribution in [1.82, 2.24) is 9.80 Å². The van der Waals surface area contributed by atoms with Crippen LogP contribution < -0.4 is 5.32 Å². The summed E-state index contributed by atoms with van der Waals surface area (Å²) in [5.41, 5.74) is 0.796. The van der Waals surface area contributed by atoms with Gasteiger partial charge in [-0.1, -0.05) is 24.4 Å². The number of anilines is 1. The number of piperidine rings is 1. The van der Waals surface area contributed by atoms with Gasteiger partial charge in [-0.2, -0.15) is 0 Å². The third-order valence-corrected chi connectivity index (χ3v) is 5.58. The number of hydrogen-bond donors (Lipinski definition) is 1. The van der Waals surface area contributed by atoms with Gasteiger partial charge in [0.25, 0.3) is 0 Å². The number of likely N-dealkylation sites (tertiary alicyclic amines) is 1. The second kappa shape index (κ2) is 7.54. The topological polar surface area (TPSA) is 35.6 Å². The van der Waals surface area contributed by atoms with Crippen molar-refractivity contribution in [2.75, 3.05) is 25.5 Å². The highest BCUT2D eigenvalue weighted by Crippen LogP contribution is 2.27. The SMILES string of the molecule is CN(C1CCCC1)C1CCN(C(=O)Nc2ccc(Cl)cc2)CC1.